The van der Waals surface area contributed by atoms with Gasteiger partial charge >= 0.3 is 0 Å². The molecule has 0 atom stereocenters. The Labute approximate surface area is 208 Å². The molecule has 0 aliphatic carbocycles. The second kappa shape index (κ2) is 9.50. The Morgan fingerprint density at radius 1 is 1.14 bits per heavy atom. The number of hydrogen-bond acceptors (Lipinski definition) is 6. The third-order valence-corrected chi connectivity index (χ3v) is 6.18. The molecule has 1 amide bonds. The second-order valence-corrected chi connectivity index (χ2v) is 10.1. The summed E-state index contributed by atoms with van der Waals surface area (Å²) >= 11 is 6.51. The van der Waals surface area contributed by atoms with Crippen molar-refractivity contribution in [1.29, 1.82) is 0 Å². The summed E-state index contributed by atoms with van der Waals surface area (Å²) in [6, 6.07) is 10.1. The maximum atomic E-state index is 12.7. The molecular weight excluding hydrogens is 464 g/mol. The van der Waals surface area contributed by atoms with E-state index in [-0.39, 0.29) is 28.9 Å². The Morgan fingerprint density at radius 2 is 1.91 bits per heavy atom. The number of Topliss-reactive ketones (excluding diaryl/α,β-unsaturated/α-hetero) is 1. The number of primary amides is 1. The van der Waals surface area contributed by atoms with Crippen molar-refractivity contribution in [3.8, 4) is 5.75 Å². The molecule has 3 aromatic rings. The Kier molecular flexibility index (Phi) is 6.63. The van der Waals surface area contributed by atoms with E-state index in [0.717, 1.165) is 16.8 Å². The topological polar surface area (TPSA) is 118 Å². The molecule has 35 heavy (non-hydrogen) atoms. The van der Waals surface area contributed by atoms with E-state index in [4.69, 9.17) is 17.3 Å². The molecule has 2 aromatic carbocycles. The molecule has 4 rings (SSSR count). The van der Waals surface area contributed by atoms with Crippen LogP contribution in [0.25, 0.3) is 10.9 Å². The van der Waals surface area contributed by atoms with Crippen molar-refractivity contribution in [2.45, 2.75) is 33.6 Å². The molecule has 1 aromatic heterocycles. The second-order valence-electron chi connectivity index (χ2n) is 9.69. The van der Waals surface area contributed by atoms with Crippen molar-refractivity contribution in [2.75, 3.05) is 11.9 Å². The van der Waals surface area contributed by atoms with Crippen LogP contribution in [-0.4, -0.2) is 34.0 Å². The molecule has 0 radical (unpaired) electrons. The van der Waals surface area contributed by atoms with Gasteiger partial charge in [0.15, 0.2) is 0 Å². The number of nitrogens with zero attached hydrogens (tertiary/aromatic N) is 2. The van der Waals surface area contributed by atoms with Crippen LogP contribution in [0.3, 0.4) is 0 Å². The number of aromatic hydroxyl groups is 1. The van der Waals surface area contributed by atoms with Crippen LogP contribution in [0.4, 0.5) is 11.4 Å². The number of anilines is 2. The molecule has 2 heterocycles. The summed E-state index contributed by atoms with van der Waals surface area (Å²) < 4.78 is 0. The largest absolute Gasteiger partial charge is 0.507 e. The first-order valence-corrected chi connectivity index (χ1v) is 11.6. The number of halogens is 1. The van der Waals surface area contributed by atoms with Crippen LogP contribution >= 0.6 is 11.6 Å². The van der Waals surface area contributed by atoms with Gasteiger partial charge < -0.3 is 16.2 Å². The van der Waals surface area contributed by atoms with Gasteiger partial charge in [0, 0.05) is 58.0 Å². The third-order valence-electron chi connectivity index (χ3n) is 5.83. The first kappa shape index (κ1) is 24.4. The van der Waals surface area contributed by atoms with Gasteiger partial charge in [0.05, 0.1) is 17.6 Å². The number of benzene rings is 2. The standard InChI is InChI=1S/C27H27ClN4O3/c1-27(2,3)25-9-15(14-31-25)8-18(33)10-16-4-5-17(11-21(16)28)32-22-6-7-30-23-13-24(34)20(26(29)35)12-19(22)23/h4-7,9,11-13,34H,8,10,14H2,1-3H3,(H2,29,35)(H,30,32). The molecular formula is C27H27ClN4O3. The van der Waals surface area contributed by atoms with Gasteiger partial charge in [-0.2, -0.15) is 0 Å². The highest BCUT2D eigenvalue weighted by Gasteiger charge is 2.22. The van der Waals surface area contributed by atoms with E-state index in [1.165, 1.54) is 12.1 Å². The molecule has 7 nitrogen and oxygen atoms in total. The molecule has 180 valence electrons. The van der Waals surface area contributed by atoms with E-state index in [2.05, 4.69) is 36.1 Å². The van der Waals surface area contributed by atoms with Gasteiger partial charge in [-0.1, -0.05) is 38.4 Å². The number of aliphatic imine (C=N–C) groups is 1. The number of phenols is 1. The van der Waals surface area contributed by atoms with E-state index in [1.54, 1.807) is 18.3 Å². The van der Waals surface area contributed by atoms with Crippen LogP contribution < -0.4 is 11.1 Å². The number of carbonyl (C=O) groups excluding carboxylic acids is 2. The van der Waals surface area contributed by atoms with Crippen molar-refractivity contribution in [3.63, 3.8) is 0 Å². The molecule has 0 unspecified atom stereocenters. The highest BCUT2D eigenvalue weighted by atomic mass is 35.5. The average molecular weight is 491 g/mol. The number of carbonyl (C=O) groups is 2. The minimum absolute atomic E-state index is 0.0119. The van der Waals surface area contributed by atoms with E-state index in [0.29, 0.717) is 40.3 Å². The maximum absolute atomic E-state index is 12.7. The minimum atomic E-state index is -0.731. The van der Waals surface area contributed by atoms with E-state index in [9.17, 15) is 14.7 Å². The summed E-state index contributed by atoms with van der Waals surface area (Å²) in [5.41, 5.74) is 10.0. The Morgan fingerprint density at radius 3 is 2.57 bits per heavy atom. The van der Waals surface area contributed by atoms with Crippen molar-refractivity contribution >= 4 is 51.3 Å². The Hall–Kier alpha value is -3.71. The molecule has 0 saturated heterocycles. The summed E-state index contributed by atoms with van der Waals surface area (Å²) in [5.74, 6) is -0.866. The highest BCUT2D eigenvalue weighted by molar-refractivity contribution is 6.31. The smallest absolute Gasteiger partial charge is 0.252 e. The van der Waals surface area contributed by atoms with Crippen molar-refractivity contribution in [2.24, 2.45) is 16.1 Å². The van der Waals surface area contributed by atoms with E-state index in [1.807, 2.05) is 18.2 Å². The number of nitrogens with one attached hydrogen (secondary N) is 1. The first-order chi connectivity index (χ1) is 16.5. The number of rotatable bonds is 7. The fraction of sp³-hybridized carbons (Fsp3) is 0.259. The zero-order chi connectivity index (χ0) is 25.3. The Bertz CT molecular complexity index is 1400. The van der Waals surface area contributed by atoms with Gasteiger partial charge in [0.1, 0.15) is 11.5 Å². The Balaban J connectivity index is 1.48. The number of amides is 1. The molecule has 0 spiro atoms. The normalized spacial score (nSPS) is 13.5. The quantitative estimate of drug-likeness (QED) is 0.411. The monoisotopic (exact) mass is 490 g/mol. The maximum Gasteiger partial charge on any atom is 0.252 e. The van der Waals surface area contributed by atoms with Gasteiger partial charge in [0.25, 0.3) is 5.91 Å². The van der Waals surface area contributed by atoms with Gasteiger partial charge in [0.2, 0.25) is 0 Å². The minimum Gasteiger partial charge on any atom is -0.507 e. The fourth-order valence-electron chi connectivity index (χ4n) is 3.97. The zero-order valence-corrected chi connectivity index (χ0v) is 20.6. The van der Waals surface area contributed by atoms with Crippen LogP contribution in [0.2, 0.25) is 5.02 Å². The van der Waals surface area contributed by atoms with E-state index < -0.39 is 5.91 Å². The highest BCUT2D eigenvalue weighted by Crippen LogP contribution is 2.32. The van der Waals surface area contributed by atoms with E-state index >= 15 is 0 Å². The SMILES string of the molecule is CC(C)(C)C1=NCC(CC(=O)Cc2ccc(Nc3ccnc4cc(O)c(C(N)=O)cc34)cc2Cl)=C1. The first-order valence-electron chi connectivity index (χ1n) is 11.2. The summed E-state index contributed by atoms with van der Waals surface area (Å²) in [6.45, 7) is 6.90. The lowest BCUT2D eigenvalue weighted by molar-refractivity contribution is -0.117. The summed E-state index contributed by atoms with van der Waals surface area (Å²) in [6.07, 6.45) is 4.22. The number of nitrogens with two attached hydrogens (primary N) is 1. The zero-order valence-electron chi connectivity index (χ0n) is 19.9. The fourth-order valence-corrected chi connectivity index (χ4v) is 4.22. The molecule has 1 aliphatic heterocycles. The number of aromatic nitrogens is 1. The number of ketones is 1. The molecule has 0 bridgehead atoms. The predicted molar refractivity (Wildman–Crippen MR) is 140 cm³/mol. The van der Waals surface area contributed by atoms with Crippen LogP contribution in [0.5, 0.6) is 5.75 Å². The molecule has 1 aliphatic rings. The van der Waals surface area contributed by atoms with Crippen LogP contribution in [0.15, 0.2) is 59.2 Å². The lowest BCUT2D eigenvalue weighted by atomic mass is 9.89. The van der Waals surface area contributed by atoms with Crippen LogP contribution in [0.1, 0.15) is 43.1 Å². The number of pyridine rings is 1. The summed E-state index contributed by atoms with van der Waals surface area (Å²) in [4.78, 5) is 33.1. The van der Waals surface area contributed by atoms with Crippen molar-refractivity contribution in [3.05, 3.63) is 70.4 Å². The van der Waals surface area contributed by atoms with Gasteiger partial charge in [-0.3, -0.25) is 19.6 Å². The number of hydrogen-bond donors (Lipinski definition) is 3. The lowest BCUT2D eigenvalue weighted by Gasteiger charge is -2.16. The van der Waals surface area contributed by atoms with Crippen molar-refractivity contribution in [1.82, 2.24) is 4.98 Å². The average Bonchev–Trinajstić information content (AvgIpc) is 3.24. The molecule has 4 N–H and O–H groups in total. The predicted octanol–water partition coefficient (Wildman–Crippen LogP) is 5.37. The van der Waals surface area contributed by atoms with Crippen LogP contribution in [-0.2, 0) is 11.2 Å². The molecule has 0 fully saturated rings. The van der Waals surface area contributed by atoms with Crippen molar-refractivity contribution < 1.29 is 14.7 Å². The third kappa shape index (κ3) is 5.52. The van der Waals surface area contributed by atoms with Crippen LogP contribution in [0, 0.1) is 5.41 Å². The molecule has 0 saturated carbocycles. The lowest BCUT2D eigenvalue weighted by Crippen LogP contribution is -2.16. The number of fused-ring (bicyclic) bond motifs is 1. The summed E-state index contributed by atoms with van der Waals surface area (Å²) in [7, 11) is 0. The number of allylic oxidation sites excluding steroid dienone is 1. The van der Waals surface area contributed by atoms with Gasteiger partial charge in [-0.05, 0) is 41.5 Å². The van der Waals surface area contributed by atoms with Gasteiger partial charge in [-0.15, -0.1) is 0 Å². The summed E-state index contributed by atoms with van der Waals surface area (Å²) in [5, 5.41) is 14.4. The molecule has 8 heteroatoms. The van der Waals surface area contributed by atoms with Gasteiger partial charge in [-0.25, -0.2) is 0 Å².